The number of fused-ring (bicyclic) bond motifs is 4. The fraction of sp³-hybridized carbons (Fsp3) is 0. The summed E-state index contributed by atoms with van der Waals surface area (Å²) in [7, 11) is 0. The molecule has 0 N–H and O–H groups in total. The fourth-order valence-corrected chi connectivity index (χ4v) is 8.23. The molecule has 0 unspecified atom stereocenters. The summed E-state index contributed by atoms with van der Waals surface area (Å²) < 4.78 is 0. The van der Waals surface area contributed by atoms with Gasteiger partial charge >= 0.3 is 0 Å². The lowest BCUT2D eigenvalue weighted by Crippen LogP contribution is -1.93. The van der Waals surface area contributed by atoms with E-state index in [1.54, 1.807) is 0 Å². The monoisotopic (exact) mass is 658 g/mol. The Labute approximate surface area is 303 Å². The van der Waals surface area contributed by atoms with Crippen LogP contribution in [0.4, 0.5) is 0 Å². The van der Waals surface area contributed by atoms with Crippen LogP contribution in [0.15, 0.2) is 206 Å². The Bertz CT molecular complexity index is 2920. The molecule has 0 heteroatoms. The Balaban J connectivity index is 1.33. The quantitative estimate of drug-likeness (QED) is 0.161. The van der Waals surface area contributed by atoms with Gasteiger partial charge in [-0.05, 0) is 117 Å². The van der Waals surface area contributed by atoms with Crippen LogP contribution in [-0.4, -0.2) is 0 Å². The Morgan fingerprint density at radius 3 is 1.19 bits per heavy atom. The van der Waals surface area contributed by atoms with Crippen molar-refractivity contribution in [1.29, 1.82) is 0 Å². The lowest BCUT2D eigenvalue weighted by molar-refractivity contribution is 1.60. The van der Waals surface area contributed by atoms with Crippen molar-refractivity contribution in [3.8, 4) is 55.6 Å². The first-order valence-electron chi connectivity index (χ1n) is 18.0. The molecule has 10 rings (SSSR count). The summed E-state index contributed by atoms with van der Waals surface area (Å²) in [4.78, 5) is 0. The van der Waals surface area contributed by atoms with Gasteiger partial charge in [-0.1, -0.05) is 188 Å². The first kappa shape index (κ1) is 30.1. The van der Waals surface area contributed by atoms with Crippen LogP contribution < -0.4 is 0 Å². The molecule has 0 spiro atoms. The summed E-state index contributed by atoms with van der Waals surface area (Å²) in [5, 5.41) is 10.0. The van der Waals surface area contributed by atoms with E-state index in [0.29, 0.717) is 0 Å². The smallest absolute Gasteiger partial charge is 0.00259 e. The maximum atomic E-state index is 2.44. The van der Waals surface area contributed by atoms with Gasteiger partial charge in [0.1, 0.15) is 0 Å². The average molecular weight is 659 g/mol. The third-order valence-electron chi connectivity index (χ3n) is 10.6. The molecule has 0 fully saturated rings. The Morgan fingerprint density at radius 1 is 0.192 bits per heavy atom. The molecule has 10 aromatic rings. The molecule has 52 heavy (non-hydrogen) atoms. The number of hydrogen-bond donors (Lipinski definition) is 0. The minimum atomic E-state index is 1.21. The van der Waals surface area contributed by atoms with Crippen LogP contribution in [0.5, 0.6) is 0 Å². The second kappa shape index (κ2) is 12.5. The molecule has 0 aliphatic rings. The molecule has 0 heterocycles. The first-order chi connectivity index (χ1) is 25.8. The summed E-state index contributed by atoms with van der Waals surface area (Å²) in [6, 6.07) is 75.7. The van der Waals surface area contributed by atoms with Crippen molar-refractivity contribution in [3.63, 3.8) is 0 Å². The summed E-state index contributed by atoms with van der Waals surface area (Å²) in [5.74, 6) is 0. The van der Waals surface area contributed by atoms with Crippen LogP contribution in [0.3, 0.4) is 0 Å². The lowest BCUT2D eigenvalue weighted by atomic mass is 9.83. The Kier molecular flexibility index (Phi) is 7.25. The number of benzene rings is 10. The van der Waals surface area contributed by atoms with Crippen LogP contribution in [-0.2, 0) is 0 Å². The molecule has 0 saturated carbocycles. The van der Waals surface area contributed by atoms with Gasteiger partial charge in [0.25, 0.3) is 0 Å². The second-order valence-corrected chi connectivity index (χ2v) is 13.6. The minimum absolute atomic E-state index is 1.21. The molecular weight excluding hydrogens is 625 g/mol. The van der Waals surface area contributed by atoms with Crippen LogP contribution in [0, 0.1) is 0 Å². The van der Waals surface area contributed by atoms with Crippen molar-refractivity contribution >= 4 is 43.1 Å². The van der Waals surface area contributed by atoms with Gasteiger partial charge in [-0.3, -0.25) is 0 Å². The second-order valence-electron chi connectivity index (χ2n) is 13.6. The van der Waals surface area contributed by atoms with Crippen molar-refractivity contribution in [1.82, 2.24) is 0 Å². The third kappa shape index (κ3) is 5.08. The van der Waals surface area contributed by atoms with Gasteiger partial charge in [0.2, 0.25) is 0 Å². The molecule has 0 aliphatic heterocycles. The molecule has 0 atom stereocenters. The summed E-state index contributed by atoms with van der Waals surface area (Å²) in [5.41, 5.74) is 12.3. The van der Waals surface area contributed by atoms with E-state index in [2.05, 4.69) is 206 Å². The first-order valence-corrected chi connectivity index (χ1v) is 18.0. The van der Waals surface area contributed by atoms with Gasteiger partial charge in [0.05, 0.1) is 0 Å². The van der Waals surface area contributed by atoms with Crippen LogP contribution in [0.25, 0.3) is 98.7 Å². The van der Waals surface area contributed by atoms with Gasteiger partial charge < -0.3 is 0 Å². The molecule has 242 valence electrons. The largest absolute Gasteiger partial charge is 0.0622 e. The lowest BCUT2D eigenvalue weighted by Gasteiger charge is -2.20. The fourth-order valence-electron chi connectivity index (χ4n) is 8.23. The SMILES string of the molecule is c1ccc(-c2cccc(-c3c4ccc(-c5cccc6ccccc56)cc4c(-c4ccccc4)c4ccc(-c5cccc6ccccc56)cc34)c2)cc1. The predicted molar refractivity (Wildman–Crippen MR) is 224 cm³/mol. The normalized spacial score (nSPS) is 11.5. The van der Waals surface area contributed by atoms with E-state index in [-0.39, 0.29) is 0 Å². The zero-order chi connectivity index (χ0) is 34.4. The number of hydrogen-bond acceptors (Lipinski definition) is 0. The molecule has 0 nitrogen and oxygen atoms in total. The summed E-state index contributed by atoms with van der Waals surface area (Å²) in [6.07, 6.45) is 0. The Morgan fingerprint density at radius 2 is 0.615 bits per heavy atom. The standard InChI is InChI=1S/C52H34/c1-3-14-35(15-4-1)39-22-11-23-42(32-39)52-48-31-29-40(45-26-12-20-36-16-7-9-24-43(36)45)33-49(48)51(38-18-5-2-6-19-38)47-30-28-41(34-50(47)52)46-27-13-21-37-17-8-10-25-44(37)46/h1-34H. The molecule has 0 saturated heterocycles. The average Bonchev–Trinajstić information content (AvgIpc) is 3.22. The molecule has 0 radical (unpaired) electrons. The van der Waals surface area contributed by atoms with E-state index in [1.165, 1.54) is 98.7 Å². The highest BCUT2D eigenvalue weighted by atomic mass is 14.2. The van der Waals surface area contributed by atoms with Crippen molar-refractivity contribution in [2.45, 2.75) is 0 Å². The van der Waals surface area contributed by atoms with Gasteiger partial charge in [0, 0.05) is 0 Å². The van der Waals surface area contributed by atoms with Crippen molar-refractivity contribution in [2.75, 3.05) is 0 Å². The van der Waals surface area contributed by atoms with E-state index < -0.39 is 0 Å². The van der Waals surface area contributed by atoms with Gasteiger partial charge in [-0.25, -0.2) is 0 Å². The molecule has 0 bridgehead atoms. The maximum Gasteiger partial charge on any atom is -0.00259 e. The molecular formula is C52H34. The minimum Gasteiger partial charge on any atom is -0.0622 e. The van der Waals surface area contributed by atoms with Crippen LogP contribution in [0.1, 0.15) is 0 Å². The van der Waals surface area contributed by atoms with Crippen LogP contribution in [0.2, 0.25) is 0 Å². The zero-order valence-corrected chi connectivity index (χ0v) is 28.6. The van der Waals surface area contributed by atoms with E-state index in [4.69, 9.17) is 0 Å². The third-order valence-corrected chi connectivity index (χ3v) is 10.6. The van der Waals surface area contributed by atoms with Crippen molar-refractivity contribution in [2.24, 2.45) is 0 Å². The van der Waals surface area contributed by atoms with Gasteiger partial charge in [-0.2, -0.15) is 0 Å². The zero-order valence-electron chi connectivity index (χ0n) is 28.6. The Hall–Kier alpha value is -6.76. The summed E-state index contributed by atoms with van der Waals surface area (Å²) in [6.45, 7) is 0. The van der Waals surface area contributed by atoms with E-state index in [0.717, 1.165) is 0 Å². The van der Waals surface area contributed by atoms with E-state index >= 15 is 0 Å². The highest BCUT2D eigenvalue weighted by Crippen LogP contribution is 2.47. The van der Waals surface area contributed by atoms with Gasteiger partial charge in [0.15, 0.2) is 0 Å². The highest BCUT2D eigenvalue weighted by molar-refractivity contribution is 6.23. The predicted octanol–water partition coefficient (Wildman–Crippen LogP) is 14.6. The van der Waals surface area contributed by atoms with Gasteiger partial charge in [-0.15, -0.1) is 0 Å². The topological polar surface area (TPSA) is 0 Å². The molecule has 0 aliphatic carbocycles. The van der Waals surface area contributed by atoms with E-state index in [9.17, 15) is 0 Å². The number of rotatable bonds is 5. The van der Waals surface area contributed by atoms with Crippen LogP contribution >= 0.6 is 0 Å². The molecule has 0 amide bonds. The maximum absolute atomic E-state index is 2.44. The molecule has 10 aromatic carbocycles. The summed E-state index contributed by atoms with van der Waals surface area (Å²) >= 11 is 0. The van der Waals surface area contributed by atoms with Crippen molar-refractivity contribution < 1.29 is 0 Å². The highest BCUT2D eigenvalue weighted by Gasteiger charge is 2.19. The molecule has 0 aromatic heterocycles. The van der Waals surface area contributed by atoms with Crippen molar-refractivity contribution in [3.05, 3.63) is 206 Å². The van der Waals surface area contributed by atoms with E-state index in [1.807, 2.05) is 0 Å².